The first-order valence-electron chi connectivity index (χ1n) is 11.5. The van der Waals surface area contributed by atoms with Crippen LogP contribution in [-0.2, 0) is 9.78 Å². The van der Waals surface area contributed by atoms with Crippen molar-refractivity contribution in [3.05, 3.63) is 27.5 Å². The second-order valence-electron chi connectivity index (χ2n) is 11.5. The monoisotopic (exact) mass is 433 g/mol. The smallest absolute Gasteiger partial charge is 0.142 e. The molecule has 2 aliphatic rings. The predicted molar refractivity (Wildman–Crippen MR) is 131 cm³/mol. The average molecular weight is 434 g/mol. The molecule has 29 heavy (non-hydrogen) atoms. The number of allylic oxidation sites excluding steroid dienone is 1. The van der Waals surface area contributed by atoms with Crippen molar-refractivity contribution in [2.45, 2.75) is 110 Å². The number of hydrogen-bond donors (Lipinski definition) is 0. The second-order valence-corrected chi connectivity index (χ2v) is 16.8. The molecule has 0 radical (unpaired) electrons. The summed E-state index contributed by atoms with van der Waals surface area (Å²) in [5, 5.41) is 2.69. The third-order valence-corrected chi connectivity index (χ3v) is 14.7. The molecule has 0 amide bonds. The Hall–Kier alpha value is -0.423. The van der Waals surface area contributed by atoms with Gasteiger partial charge in [-0.3, -0.25) is 0 Å². The Bertz CT molecular complexity index is 769. The Kier molecular flexibility index (Phi) is 6.35. The Labute approximate surface area is 184 Å². The number of ether oxygens (including phenoxy) is 1. The normalized spacial score (nSPS) is 27.6. The fraction of sp³-hybridized carbons (Fsp3) is 0.760. The molecule has 1 aliphatic heterocycles. The van der Waals surface area contributed by atoms with E-state index >= 15 is 0 Å². The molecule has 2 unspecified atom stereocenters. The van der Waals surface area contributed by atoms with Gasteiger partial charge in [-0.05, 0) is 90.4 Å². The Morgan fingerprint density at radius 1 is 1.07 bits per heavy atom. The van der Waals surface area contributed by atoms with Crippen molar-refractivity contribution in [2.75, 3.05) is 13.2 Å². The summed E-state index contributed by atoms with van der Waals surface area (Å²) >= 11 is 2.02. The standard InChI is InChI=1S/C25H43NOSSi/c1-19-20(2)25(22-21(19)14-16-28-22)18-26(23(3,4)5)29(25,9)17-13-11-10-12-15-27-24(6,7)8/h14,16H,10-13,15,17-18H2,1-9H3. The van der Waals surface area contributed by atoms with Gasteiger partial charge in [0, 0.05) is 28.6 Å². The van der Waals surface area contributed by atoms with Gasteiger partial charge in [-0.15, -0.1) is 11.3 Å². The van der Waals surface area contributed by atoms with Crippen molar-refractivity contribution in [1.82, 2.24) is 4.57 Å². The third-order valence-electron chi connectivity index (χ3n) is 7.47. The van der Waals surface area contributed by atoms with Gasteiger partial charge >= 0.3 is 0 Å². The van der Waals surface area contributed by atoms with Gasteiger partial charge in [0.15, 0.2) is 0 Å². The lowest BCUT2D eigenvalue weighted by atomic mass is 9.97. The molecule has 3 rings (SSSR count). The minimum atomic E-state index is -1.64. The molecule has 0 saturated carbocycles. The average Bonchev–Trinajstić information content (AvgIpc) is 3.13. The van der Waals surface area contributed by atoms with Crippen LogP contribution in [-0.4, -0.2) is 37.1 Å². The Morgan fingerprint density at radius 3 is 2.34 bits per heavy atom. The van der Waals surface area contributed by atoms with Crippen LogP contribution in [0.15, 0.2) is 17.0 Å². The molecule has 1 aromatic heterocycles. The quantitative estimate of drug-likeness (QED) is 0.328. The Morgan fingerprint density at radius 2 is 1.72 bits per heavy atom. The number of thiophene rings is 1. The summed E-state index contributed by atoms with van der Waals surface area (Å²) in [6, 6.07) is 3.78. The van der Waals surface area contributed by atoms with Crippen LogP contribution in [0.1, 0.15) is 91.5 Å². The molecule has 1 saturated heterocycles. The summed E-state index contributed by atoms with van der Waals surface area (Å²) in [7, 11) is -1.64. The van der Waals surface area contributed by atoms with Crippen molar-refractivity contribution in [1.29, 1.82) is 0 Å². The fourth-order valence-electron chi connectivity index (χ4n) is 5.82. The zero-order chi connectivity index (χ0) is 21.7. The fourth-order valence-corrected chi connectivity index (χ4v) is 13.8. The molecule has 0 N–H and O–H groups in total. The minimum absolute atomic E-state index is 0.00543. The van der Waals surface area contributed by atoms with Gasteiger partial charge in [0.1, 0.15) is 8.24 Å². The van der Waals surface area contributed by atoms with E-state index in [0.717, 1.165) is 6.61 Å². The van der Waals surface area contributed by atoms with E-state index in [4.69, 9.17) is 4.74 Å². The second kappa shape index (κ2) is 7.92. The van der Waals surface area contributed by atoms with Crippen molar-refractivity contribution >= 4 is 25.1 Å². The van der Waals surface area contributed by atoms with Crippen LogP contribution in [0.5, 0.6) is 0 Å². The van der Waals surface area contributed by atoms with Crippen LogP contribution in [0.3, 0.4) is 0 Å². The van der Waals surface area contributed by atoms with Crippen molar-refractivity contribution in [2.24, 2.45) is 0 Å². The molecule has 1 spiro atoms. The van der Waals surface area contributed by atoms with Crippen LogP contribution in [0.4, 0.5) is 0 Å². The number of fused-ring (bicyclic) bond motifs is 2. The highest BCUT2D eigenvalue weighted by Gasteiger charge is 2.69. The molecule has 2 nitrogen and oxygen atoms in total. The maximum absolute atomic E-state index is 5.90. The molecule has 1 aliphatic carbocycles. The lowest BCUT2D eigenvalue weighted by Crippen LogP contribution is -2.82. The van der Waals surface area contributed by atoms with Crippen LogP contribution in [0.25, 0.3) is 5.57 Å². The largest absolute Gasteiger partial charge is 0.376 e. The van der Waals surface area contributed by atoms with E-state index in [1.807, 2.05) is 11.3 Å². The molecule has 0 bridgehead atoms. The van der Waals surface area contributed by atoms with E-state index < -0.39 is 8.24 Å². The molecule has 2 heterocycles. The van der Waals surface area contributed by atoms with Gasteiger partial charge in [-0.2, -0.15) is 0 Å². The third kappa shape index (κ3) is 3.95. The highest BCUT2D eigenvalue weighted by atomic mass is 32.1. The van der Waals surface area contributed by atoms with Gasteiger partial charge in [-0.25, -0.2) is 0 Å². The topological polar surface area (TPSA) is 12.5 Å². The molecule has 1 aromatic rings. The van der Waals surface area contributed by atoms with Crippen LogP contribution in [0, 0.1) is 0 Å². The highest BCUT2D eigenvalue weighted by Crippen LogP contribution is 2.62. The van der Waals surface area contributed by atoms with E-state index in [1.165, 1.54) is 38.3 Å². The molecule has 2 atom stereocenters. The van der Waals surface area contributed by atoms with Crippen LogP contribution >= 0.6 is 11.3 Å². The molecule has 164 valence electrons. The van der Waals surface area contributed by atoms with Gasteiger partial charge in [0.2, 0.25) is 0 Å². The van der Waals surface area contributed by atoms with Crippen LogP contribution < -0.4 is 0 Å². The first-order chi connectivity index (χ1) is 13.3. The summed E-state index contributed by atoms with van der Waals surface area (Å²) in [6.07, 6.45) is 5.18. The Balaban J connectivity index is 1.70. The minimum Gasteiger partial charge on any atom is -0.376 e. The van der Waals surface area contributed by atoms with Gasteiger partial charge in [-0.1, -0.05) is 31.4 Å². The highest BCUT2D eigenvalue weighted by molar-refractivity contribution is 7.11. The summed E-state index contributed by atoms with van der Waals surface area (Å²) < 4.78 is 8.82. The van der Waals surface area contributed by atoms with Crippen molar-refractivity contribution < 1.29 is 4.74 Å². The molecular weight excluding hydrogens is 390 g/mol. The molecule has 1 fully saturated rings. The molecular formula is C25H43NOSSi. The number of rotatable bonds is 7. The summed E-state index contributed by atoms with van der Waals surface area (Å²) in [4.78, 5) is 1.70. The van der Waals surface area contributed by atoms with Crippen molar-refractivity contribution in [3.8, 4) is 0 Å². The first-order valence-corrected chi connectivity index (χ1v) is 15.1. The lowest BCUT2D eigenvalue weighted by molar-refractivity contribution is -0.00472. The predicted octanol–water partition coefficient (Wildman–Crippen LogP) is 7.40. The zero-order valence-electron chi connectivity index (χ0n) is 20.4. The van der Waals surface area contributed by atoms with E-state index in [1.54, 1.807) is 21.6 Å². The van der Waals surface area contributed by atoms with Gasteiger partial charge < -0.3 is 9.30 Å². The number of unbranched alkanes of at least 4 members (excludes halogenated alkanes) is 3. The molecule has 0 aromatic carbocycles. The van der Waals surface area contributed by atoms with E-state index in [-0.39, 0.29) is 11.1 Å². The van der Waals surface area contributed by atoms with E-state index in [2.05, 4.69) is 77.9 Å². The SMILES string of the molecule is CC1=C(C)C2(CN(C(C)(C)C)[Si]2(C)CCCCCCOC(C)(C)C)c2sccc21. The number of nitrogens with zero attached hydrogens (tertiary/aromatic N) is 1. The maximum atomic E-state index is 5.90. The van der Waals surface area contributed by atoms with E-state index in [9.17, 15) is 0 Å². The maximum Gasteiger partial charge on any atom is 0.142 e. The van der Waals surface area contributed by atoms with Gasteiger partial charge in [0.05, 0.1) is 5.60 Å². The van der Waals surface area contributed by atoms with Crippen molar-refractivity contribution in [3.63, 3.8) is 0 Å². The molecule has 4 heteroatoms. The van der Waals surface area contributed by atoms with Gasteiger partial charge in [0.25, 0.3) is 0 Å². The van der Waals surface area contributed by atoms with E-state index in [0.29, 0.717) is 5.04 Å². The first kappa shape index (κ1) is 23.2. The summed E-state index contributed by atoms with van der Waals surface area (Å²) in [5.41, 5.74) is 5.06. The summed E-state index contributed by atoms with van der Waals surface area (Å²) in [5.74, 6) is 0. The number of hydrogen-bond acceptors (Lipinski definition) is 3. The van der Waals surface area contributed by atoms with Crippen LogP contribution in [0.2, 0.25) is 12.6 Å². The lowest BCUT2D eigenvalue weighted by Gasteiger charge is -2.68. The zero-order valence-corrected chi connectivity index (χ0v) is 22.2. The summed E-state index contributed by atoms with van der Waals surface area (Å²) in [6.45, 7) is 23.3.